The zero-order valence-electron chi connectivity index (χ0n) is 11.9. The molecule has 0 aliphatic carbocycles. The summed E-state index contributed by atoms with van der Waals surface area (Å²) in [6, 6.07) is 13.7. The predicted octanol–water partition coefficient (Wildman–Crippen LogP) is 2.49. The minimum absolute atomic E-state index is 0.189. The van der Waals surface area contributed by atoms with Crippen LogP contribution in [-0.4, -0.2) is 18.4 Å². The van der Waals surface area contributed by atoms with E-state index in [1.165, 1.54) is 0 Å². The fourth-order valence-corrected chi connectivity index (χ4v) is 1.82. The maximum absolute atomic E-state index is 11.8. The van der Waals surface area contributed by atoms with Crippen LogP contribution in [0, 0.1) is 6.92 Å². The Morgan fingerprint density at radius 2 is 1.73 bits per heavy atom. The highest BCUT2D eigenvalue weighted by molar-refractivity contribution is 6.30. The Morgan fingerprint density at radius 1 is 1.05 bits per heavy atom. The van der Waals surface area contributed by atoms with Gasteiger partial charge in [-0.25, -0.2) is 0 Å². The van der Waals surface area contributed by atoms with Crippen LogP contribution in [0.1, 0.15) is 15.9 Å². The van der Waals surface area contributed by atoms with E-state index in [9.17, 15) is 9.59 Å². The Morgan fingerprint density at radius 3 is 2.41 bits per heavy atom. The van der Waals surface area contributed by atoms with Gasteiger partial charge in [-0.05, 0) is 42.8 Å². The van der Waals surface area contributed by atoms with Crippen LogP contribution >= 0.6 is 11.6 Å². The molecular formula is C16H15ClN2O3. The van der Waals surface area contributed by atoms with E-state index < -0.39 is 11.8 Å². The summed E-state index contributed by atoms with van der Waals surface area (Å²) < 4.78 is 5.37. The number of hydrogen-bond acceptors (Lipinski definition) is 3. The van der Waals surface area contributed by atoms with Gasteiger partial charge in [-0.1, -0.05) is 29.8 Å². The van der Waals surface area contributed by atoms with Crippen molar-refractivity contribution in [2.45, 2.75) is 6.92 Å². The summed E-state index contributed by atoms with van der Waals surface area (Å²) in [5.74, 6) is -0.256. The van der Waals surface area contributed by atoms with Gasteiger partial charge in [0.1, 0.15) is 5.75 Å². The highest BCUT2D eigenvalue weighted by Crippen LogP contribution is 2.15. The number of amides is 2. The fraction of sp³-hybridized carbons (Fsp3) is 0.125. The third-order valence-electron chi connectivity index (χ3n) is 2.87. The molecule has 0 fully saturated rings. The number of carbonyl (C=O) groups excluding carboxylic acids is 2. The molecule has 0 unspecified atom stereocenters. The van der Waals surface area contributed by atoms with Gasteiger partial charge in [0.05, 0.1) is 0 Å². The maximum atomic E-state index is 11.8. The van der Waals surface area contributed by atoms with E-state index in [0.717, 1.165) is 5.56 Å². The molecule has 0 heterocycles. The minimum Gasteiger partial charge on any atom is -0.483 e. The lowest BCUT2D eigenvalue weighted by Crippen LogP contribution is -2.43. The van der Waals surface area contributed by atoms with Crippen molar-refractivity contribution in [1.29, 1.82) is 0 Å². The molecule has 0 bridgehead atoms. The van der Waals surface area contributed by atoms with E-state index in [1.807, 2.05) is 25.1 Å². The zero-order chi connectivity index (χ0) is 15.9. The Labute approximate surface area is 133 Å². The average Bonchev–Trinajstić information content (AvgIpc) is 2.52. The molecule has 2 N–H and O–H groups in total. The summed E-state index contributed by atoms with van der Waals surface area (Å²) >= 11 is 5.74. The van der Waals surface area contributed by atoms with Crippen molar-refractivity contribution >= 4 is 23.4 Å². The van der Waals surface area contributed by atoms with Gasteiger partial charge >= 0.3 is 0 Å². The number of aryl methyl sites for hydroxylation is 1. The van der Waals surface area contributed by atoms with E-state index in [0.29, 0.717) is 16.3 Å². The largest absolute Gasteiger partial charge is 0.483 e. The van der Waals surface area contributed by atoms with Crippen LogP contribution in [0.25, 0.3) is 0 Å². The predicted molar refractivity (Wildman–Crippen MR) is 83.7 cm³/mol. The Hall–Kier alpha value is -2.53. The molecule has 0 saturated heterocycles. The SMILES string of the molecule is Cc1ccccc1OCC(=O)NNC(=O)c1ccc(Cl)cc1. The van der Waals surface area contributed by atoms with E-state index in [2.05, 4.69) is 10.9 Å². The van der Waals surface area contributed by atoms with Crippen molar-refractivity contribution in [1.82, 2.24) is 10.9 Å². The topological polar surface area (TPSA) is 67.4 Å². The average molecular weight is 319 g/mol. The molecular weight excluding hydrogens is 304 g/mol. The van der Waals surface area contributed by atoms with Crippen molar-refractivity contribution in [3.63, 3.8) is 0 Å². The molecule has 22 heavy (non-hydrogen) atoms. The van der Waals surface area contributed by atoms with Crippen LogP contribution in [0.2, 0.25) is 5.02 Å². The minimum atomic E-state index is -0.453. The quantitative estimate of drug-likeness (QED) is 0.851. The summed E-state index contributed by atoms with van der Waals surface area (Å²) in [6.07, 6.45) is 0. The molecule has 2 aromatic carbocycles. The normalized spacial score (nSPS) is 9.91. The third kappa shape index (κ3) is 4.49. The number of nitrogens with one attached hydrogen (secondary N) is 2. The van der Waals surface area contributed by atoms with Crippen LogP contribution in [0.3, 0.4) is 0 Å². The molecule has 2 rings (SSSR count). The molecule has 0 aromatic heterocycles. The number of hydrazine groups is 1. The molecule has 0 spiro atoms. The summed E-state index contributed by atoms with van der Waals surface area (Å²) in [5.41, 5.74) is 5.92. The second kappa shape index (κ2) is 7.47. The first-order valence-electron chi connectivity index (χ1n) is 6.59. The first-order valence-corrected chi connectivity index (χ1v) is 6.97. The molecule has 0 aliphatic rings. The first kappa shape index (κ1) is 15.9. The smallest absolute Gasteiger partial charge is 0.276 e. The van der Waals surface area contributed by atoms with Gasteiger partial charge in [0, 0.05) is 10.6 Å². The van der Waals surface area contributed by atoms with Gasteiger partial charge in [-0.2, -0.15) is 0 Å². The van der Waals surface area contributed by atoms with Crippen molar-refractivity contribution in [2.24, 2.45) is 0 Å². The molecule has 2 amide bonds. The molecule has 6 heteroatoms. The van der Waals surface area contributed by atoms with Crippen LogP contribution < -0.4 is 15.6 Å². The third-order valence-corrected chi connectivity index (χ3v) is 3.13. The summed E-state index contributed by atoms with van der Waals surface area (Å²) in [7, 11) is 0. The highest BCUT2D eigenvalue weighted by atomic mass is 35.5. The van der Waals surface area contributed by atoms with Gasteiger partial charge < -0.3 is 4.74 Å². The standard InChI is InChI=1S/C16H15ClN2O3/c1-11-4-2-3-5-14(11)22-10-15(20)18-19-16(21)12-6-8-13(17)9-7-12/h2-9H,10H2,1H3,(H,18,20)(H,19,21). The van der Waals surface area contributed by atoms with E-state index in [-0.39, 0.29) is 6.61 Å². The van der Waals surface area contributed by atoms with Crippen molar-refractivity contribution in [3.05, 3.63) is 64.7 Å². The van der Waals surface area contributed by atoms with Gasteiger partial charge in [0.2, 0.25) is 0 Å². The van der Waals surface area contributed by atoms with Crippen LogP contribution in [0.5, 0.6) is 5.75 Å². The number of hydrogen-bond donors (Lipinski definition) is 2. The van der Waals surface area contributed by atoms with E-state index >= 15 is 0 Å². The molecule has 114 valence electrons. The summed E-state index contributed by atoms with van der Waals surface area (Å²) in [6.45, 7) is 1.70. The van der Waals surface area contributed by atoms with Crippen LogP contribution in [-0.2, 0) is 4.79 Å². The molecule has 2 aromatic rings. The number of halogens is 1. The first-order chi connectivity index (χ1) is 10.6. The summed E-state index contributed by atoms with van der Waals surface area (Å²) in [4.78, 5) is 23.4. The molecule has 0 radical (unpaired) electrons. The number of rotatable bonds is 4. The Bertz CT molecular complexity index is 671. The number of para-hydroxylation sites is 1. The lowest BCUT2D eigenvalue weighted by atomic mass is 10.2. The van der Waals surface area contributed by atoms with Crippen LogP contribution in [0.15, 0.2) is 48.5 Å². The summed E-state index contributed by atoms with van der Waals surface area (Å²) in [5, 5.41) is 0.534. The number of ether oxygens (including phenoxy) is 1. The number of carbonyl (C=O) groups is 2. The lowest BCUT2D eigenvalue weighted by molar-refractivity contribution is -0.123. The van der Waals surface area contributed by atoms with Crippen LogP contribution in [0.4, 0.5) is 0 Å². The lowest BCUT2D eigenvalue weighted by Gasteiger charge is -2.10. The van der Waals surface area contributed by atoms with Crippen molar-refractivity contribution in [3.8, 4) is 5.75 Å². The molecule has 0 saturated carbocycles. The van der Waals surface area contributed by atoms with Gasteiger partial charge in [0.15, 0.2) is 6.61 Å². The van der Waals surface area contributed by atoms with E-state index in [4.69, 9.17) is 16.3 Å². The molecule has 5 nitrogen and oxygen atoms in total. The maximum Gasteiger partial charge on any atom is 0.276 e. The van der Waals surface area contributed by atoms with Gasteiger partial charge in [0.25, 0.3) is 11.8 Å². The fourth-order valence-electron chi connectivity index (χ4n) is 1.70. The second-order valence-electron chi connectivity index (χ2n) is 4.56. The highest BCUT2D eigenvalue weighted by Gasteiger charge is 2.08. The van der Waals surface area contributed by atoms with E-state index in [1.54, 1.807) is 30.3 Å². The number of benzene rings is 2. The monoisotopic (exact) mass is 318 g/mol. The zero-order valence-corrected chi connectivity index (χ0v) is 12.7. The van der Waals surface area contributed by atoms with Crippen molar-refractivity contribution < 1.29 is 14.3 Å². The van der Waals surface area contributed by atoms with Gasteiger partial charge in [-0.3, -0.25) is 20.4 Å². The molecule has 0 aliphatic heterocycles. The Kier molecular flexibility index (Phi) is 5.38. The van der Waals surface area contributed by atoms with Gasteiger partial charge in [-0.15, -0.1) is 0 Å². The second-order valence-corrected chi connectivity index (χ2v) is 5.00. The Balaban J connectivity index is 1.79. The van der Waals surface area contributed by atoms with Crippen molar-refractivity contribution in [2.75, 3.05) is 6.61 Å². The molecule has 0 atom stereocenters.